The molecule has 0 aromatic heterocycles. The highest BCUT2D eigenvalue weighted by atomic mass is 32.2. The van der Waals surface area contributed by atoms with Gasteiger partial charge in [0.05, 0.1) is 0 Å². The summed E-state index contributed by atoms with van der Waals surface area (Å²) in [6.45, 7) is 3.33. The van der Waals surface area contributed by atoms with Crippen LogP contribution in [0.2, 0.25) is 0 Å². The monoisotopic (exact) mass is 306 g/mol. The lowest BCUT2D eigenvalue weighted by molar-refractivity contribution is 0.189. The molecule has 0 atom stereocenters. The Bertz CT molecular complexity index is 385. The van der Waals surface area contributed by atoms with E-state index in [1.807, 2.05) is 0 Å². The van der Waals surface area contributed by atoms with Gasteiger partial charge < -0.3 is 10.2 Å². The Hall–Kier alpha value is -0.510. The standard InChI is InChI=1S/C18H30N2S/c1-20(17-7-4-3-5-8-17)14-6-13-19-15-16-9-11-18(21-2)12-10-16/h9-12,17,19H,3-8,13-15H2,1-2H3. The van der Waals surface area contributed by atoms with E-state index in [0.29, 0.717) is 0 Å². The van der Waals surface area contributed by atoms with Gasteiger partial charge in [-0.25, -0.2) is 0 Å². The minimum absolute atomic E-state index is 0.845. The van der Waals surface area contributed by atoms with Crippen molar-refractivity contribution >= 4 is 11.8 Å². The summed E-state index contributed by atoms with van der Waals surface area (Å²) in [5.41, 5.74) is 1.38. The van der Waals surface area contributed by atoms with Gasteiger partial charge in [0.1, 0.15) is 0 Å². The number of nitrogens with one attached hydrogen (secondary N) is 1. The van der Waals surface area contributed by atoms with Crippen LogP contribution in [-0.4, -0.2) is 37.3 Å². The first-order valence-corrected chi connectivity index (χ1v) is 9.56. The Kier molecular flexibility index (Phi) is 7.62. The summed E-state index contributed by atoms with van der Waals surface area (Å²) in [4.78, 5) is 3.92. The largest absolute Gasteiger partial charge is 0.313 e. The number of nitrogens with zero attached hydrogens (tertiary/aromatic N) is 1. The van der Waals surface area contributed by atoms with E-state index >= 15 is 0 Å². The Morgan fingerprint density at radius 1 is 1.14 bits per heavy atom. The molecule has 1 aromatic rings. The molecule has 2 nitrogen and oxygen atoms in total. The van der Waals surface area contributed by atoms with Gasteiger partial charge in [0.15, 0.2) is 0 Å². The fraction of sp³-hybridized carbons (Fsp3) is 0.667. The van der Waals surface area contributed by atoms with Crippen molar-refractivity contribution in [1.82, 2.24) is 10.2 Å². The second-order valence-corrected chi connectivity index (χ2v) is 7.03. The third kappa shape index (κ3) is 6.01. The van der Waals surface area contributed by atoms with Gasteiger partial charge in [-0.1, -0.05) is 31.4 Å². The zero-order chi connectivity index (χ0) is 14.9. The minimum Gasteiger partial charge on any atom is -0.313 e. The zero-order valence-corrected chi connectivity index (χ0v) is 14.4. The van der Waals surface area contributed by atoms with Crippen LogP contribution >= 0.6 is 11.8 Å². The van der Waals surface area contributed by atoms with Crippen molar-refractivity contribution in [2.45, 2.75) is 56.0 Å². The Morgan fingerprint density at radius 3 is 2.52 bits per heavy atom. The molecular formula is C18H30N2S. The zero-order valence-electron chi connectivity index (χ0n) is 13.6. The lowest BCUT2D eigenvalue weighted by atomic mass is 9.94. The molecule has 0 radical (unpaired) electrons. The molecule has 21 heavy (non-hydrogen) atoms. The molecule has 1 aliphatic carbocycles. The van der Waals surface area contributed by atoms with Gasteiger partial charge in [0.25, 0.3) is 0 Å². The van der Waals surface area contributed by atoms with Crippen molar-refractivity contribution in [3.63, 3.8) is 0 Å². The highest BCUT2D eigenvalue weighted by Gasteiger charge is 2.16. The quantitative estimate of drug-likeness (QED) is 0.574. The SMILES string of the molecule is CSc1ccc(CNCCCN(C)C2CCCCC2)cc1. The molecular weight excluding hydrogens is 276 g/mol. The second-order valence-electron chi connectivity index (χ2n) is 6.15. The molecule has 1 N–H and O–H groups in total. The molecule has 1 aromatic carbocycles. The summed E-state index contributed by atoms with van der Waals surface area (Å²) in [5.74, 6) is 0. The van der Waals surface area contributed by atoms with Crippen molar-refractivity contribution < 1.29 is 0 Å². The van der Waals surface area contributed by atoms with Gasteiger partial charge in [-0.3, -0.25) is 0 Å². The summed E-state index contributed by atoms with van der Waals surface area (Å²) in [5, 5.41) is 3.56. The number of benzene rings is 1. The average Bonchev–Trinajstić information content (AvgIpc) is 2.55. The van der Waals surface area contributed by atoms with Gasteiger partial charge in [0.2, 0.25) is 0 Å². The van der Waals surface area contributed by atoms with Crippen molar-refractivity contribution in [3.05, 3.63) is 29.8 Å². The fourth-order valence-electron chi connectivity index (χ4n) is 3.13. The highest BCUT2D eigenvalue weighted by molar-refractivity contribution is 7.98. The van der Waals surface area contributed by atoms with Crippen LogP contribution in [0.1, 0.15) is 44.1 Å². The van der Waals surface area contributed by atoms with Crippen LogP contribution in [0.15, 0.2) is 29.2 Å². The molecule has 1 aliphatic rings. The van der Waals surface area contributed by atoms with Crippen LogP contribution in [-0.2, 0) is 6.54 Å². The Balaban J connectivity index is 1.56. The number of hydrogen-bond acceptors (Lipinski definition) is 3. The van der Waals surface area contributed by atoms with E-state index in [4.69, 9.17) is 0 Å². The van der Waals surface area contributed by atoms with Gasteiger partial charge >= 0.3 is 0 Å². The van der Waals surface area contributed by atoms with Gasteiger partial charge in [-0.05, 0) is 63.4 Å². The maximum Gasteiger partial charge on any atom is 0.0205 e. The van der Waals surface area contributed by atoms with E-state index in [1.54, 1.807) is 11.8 Å². The van der Waals surface area contributed by atoms with Crippen molar-refractivity contribution in [3.8, 4) is 0 Å². The van der Waals surface area contributed by atoms with E-state index in [0.717, 1.165) is 19.1 Å². The summed E-state index contributed by atoms with van der Waals surface area (Å²) in [6, 6.07) is 9.72. The van der Waals surface area contributed by atoms with Crippen LogP contribution in [0.4, 0.5) is 0 Å². The molecule has 0 aliphatic heterocycles. The predicted molar refractivity (Wildman–Crippen MR) is 94.0 cm³/mol. The van der Waals surface area contributed by atoms with Crippen molar-refractivity contribution in [1.29, 1.82) is 0 Å². The van der Waals surface area contributed by atoms with E-state index in [-0.39, 0.29) is 0 Å². The van der Waals surface area contributed by atoms with Gasteiger partial charge in [-0.2, -0.15) is 0 Å². The molecule has 3 heteroatoms. The van der Waals surface area contributed by atoms with Gasteiger partial charge in [0, 0.05) is 17.5 Å². The maximum atomic E-state index is 3.56. The summed E-state index contributed by atoms with van der Waals surface area (Å²) < 4.78 is 0. The lowest BCUT2D eigenvalue weighted by Crippen LogP contribution is -2.35. The first-order valence-electron chi connectivity index (χ1n) is 8.33. The molecule has 1 saturated carbocycles. The summed E-state index contributed by atoms with van der Waals surface area (Å²) in [7, 11) is 2.30. The number of thioether (sulfide) groups is 1. The van der Waals surface area contributed by atoms with E-state index in [9.17, 15) is 0 Å². The molecule has 0 bridgehead atoms. The summed E-state index contributed by atoms with van der Waals surface area (Å²) in [6.07, 6.45) is 10.5. The molecule has 0 amide bonds. The van der Waals surface area contributed by atoms with Crippen LogP contribution in [0.25, 0.3) is 0 Å². The molecule has 1 fully saturated rings. The van der Waals surface area contributed by atoms with Crippen LogP contribution in [0.3, 0.4) is 0 Å². The van der Waals surface area contributed by atoms with E-state index in [2.05, 4.69) is 47.8 Å². The molecule has 0 heterocycles. The van der Waals surface area contributed by atoms with E-state index in [1.165, 1.54) is 55.5 Å². The average molecular weight is 307 g/mol. The fourth-order valence-corrected chi connectivity index (χ4v) is 3.54. The first kappa shape index (κ1) is 16.9. The third-order valence-electron chi connectivity index (χ3n) is 4.55. The maximum absolute atomic E-state index is 3.56. The summed E-state index contributed by atoms with van der Waals surface area (Å²) >= 11 is 1.80. The third-order valence-corrected chi connectivity index (χ3v) is 5.29. The topological polar surface area (TPSA) is 15.3 Å². The lowest BCUT2D eigenvalue weighted by Gasteiger charge is -2.31. The van der Waals surface area contributed by atoms with Crippen molar-refractivity contribution in [2.75, 3.05) is 26.4 Å². The normalized spacial score (nSPS) is 16.5. The Labute approximate surface area is 134 Å². The number of hydrogen-bond donors (Lipinski definition) is 1. The molecule has 118 valence electrons. The number of rotatable bonds is 8. The van der Waals surface area contributed by atoms with Crippen LogP contribution in [0, 0.1) is 0 Å². The van der Waals surface area contributed by atoms with Crippen molar-refractivity contribution in [2.24, 2.45) is 0 Å². The molecule has 0 saturated heterocycles. The first-order chi connectivity index (χ1) is 10.3. The van der Waals surface area contributed by atoms with E-state index < -0.39 is 0 Å². The second kappa shape index (κ2) is 9.50. The molecule has 2 rings (SSSR count). The Morgan fingerprint density at radius 2 is 1.86 bits per heavy atom. The smallest absolute Gasteiger partial charge is 0.0205 e. The molecule has 0 spiro atoms. The van der Waals surface area contributed by atoms with Crippen LogP contribution in [0.5, 0.6) is 0 Å². The highest BCUT2D eigenvalue weighted by Crippen LogP contribution is 2.21. The van der Waals surface area contributed by atoms with Crippen LogP contribution < -0.4 is 5.32 Å². The predicted octanol–water partition coefficient (Wildman–Crippen LogP) is 4.15. The minimum atomic E-state index is 0.845. The van der Waals surface area contributed by atoms with Gasteiger partial charge in [-0.15, -0.1) is 11.8 Å². The molecule has 0 unspecified atom stereocenters.